The van der Waals surface area contributed by atoms with E-state index in [0.29, 0.717) is 0 Å². The van der Waals surface area contributed by atoms with Crippen LogP contribution in [0.2, 0.25) is 0 Å². The molecule has 2 aromatic heterocycles. The largest absolute Gasteiger partial charge is 0.309 e. The van der Waals surface area contributed by atoms with E-state index in [2.05, 4.69) is 51.9 Å². The first-order valence-corrected chi connectivity index (χ1v) is 7.41. The molecule has 21 heavy (non-hydrogen) atoms. The normalized spacial score (nSPS) is 12.7. The van der Waals surface area contributed by atoms with E-state index < -0.39 is 0 Å². The number of benzene rings is 1. The summed E-state index contributed by atoms with van der Waals surface area (Å²) in [6, 6.07) is 12.6. The molecule has 1 unspecified atom stereocenters. The van der Waals surface area contributed by atoms with Crippen LogP contribution in [0.3, 0.4) is 0 Å². The van der Waals surface area contributed by atoms with Gasteiger partial charge in [-0.05, 0) is 44.2 Å². The Morgan fingerprint density at radius 3 is 2.76 bits per heavy atom. The van der Waals surface area contributed by atoms with Gasteiger partial charge in [-0.25, -0.2) is 4.98 Å². The second kappa shape index (κ2) is 6.06. The minimum atomic E-state index is 0.276. The Balaban J connectivity index is 1.87. The number of pyridine rings is 1. The first kappa shape index (κ1) is 13.8. The zero-order valence-corrected chi connectivity index (χ0v) is 12.5. The molecule has 108 valence electrons. The summed E-state index contributed by atoms with van der Waals surface area (Å²) in [6.45, 7) is 5.32. The van der Waals surface area contributed by atoms with E-state index in [-0.39, 0.29) is 6.04 Å². The molecule has 1 aromatic carbocycles. The Bertz CT molecular complexity index is 715. The van der Waals surface area contributed by atoms with E-state index >= 15 is 0 Å². The summed E-state index contributed by atoms with van der Waals surface area (Å²) >= 11 is 0. The smallest absolute Gasteiger partial charge is 0.100 e. The summed E-state index contributed by atoms with van der Waals surface area (Å²) in [5.41, 5.74) is 4.20. The zero-order valence-electron chi connectivity index (χ0n) is 12.5. The highest BCUT2D eigenvalue weighted by Gasteiger charge is 2.07. The molecule has 1 N–H and O–H groups in total. The van der Waals surface area contributed by atoms with E-state index in [1.54, 1.807) is 0 Å². The predicted molar refractivity (Wildman–Crippen MR) is 85.6 cm³/mol. The number of aromatic nitrogens is 3. The van der Waals surface area contributed by atoms with Crippen molar-refractivity contribution in [2.24, 2.45) is 0 Å². The molecule has 3 rings (SSSR count). The Kier molecular flexibility index (Phi) is 3.97. The van der Waals surface area contributed by atoms with Gasteiger partial charge in [0.2, 0.25) is 0 Å². The van der Waals surface area contributed by atoms with Gasteiger partial charge < -0.3 is 5.32 Å². The third kappa shape index (κ3) is 2.81. The van der Waals surface area contributed by atoms with Crippen LogP contribution < -0.4 is 5.32 Å². The Labute approximate surface area is 124 Å². The molecule has 1 atom stereocenters. The number of rotatable bonds is 5. The average Bonchev–Trinajstić information content (AvgIpc) is 2.97. The van der Waals surface area contributed by atoms with Crippen LogP contribution in [-0.4, -0.2) is 21.1 Å². The molecule has 0 fully saturated rings. The van der Waals surface area contributed by atoms with Crippen LogP contribution in [0, 0.1) is 0 Å². The number of fused-ring (bicyclic) bond motifs is 1. The number of nitrogens with zero attached hydrogens (tertiary/aromatic N) is 3. The monoisotopic (exact) mass is 280 g/mol. The number of imidazole rings is 1. The van der Waals surface area contributed by atoms with Crippen molar-refractivity contribution in [1.29, 1.82) is 0 Å². The van der Waals surface area contributed by atoms with Crippen molar-refractivity contribution in [2.75, 3.05) is 6.54 Å². The van der Waals surface area contributed by atoms with Gasteiger partial charge in [-0.1, -0.05) is 19.1 Å². The van der Waals surface area contributed by atoms with Gasteiger partial charge in [0.1, 0.15) is 6.33 Å². The molecule has 0 radical (unpaired) electrons. The summed E-state index contributed by atoms with van der Waals surface area (Å²) in [5, 5.41) is 3.45. The summed E-state index contributed by atoms with van der Waals surface area (Å²) in [7, 11) is 0. The van der Waals surface area contributed by atoms with Gasteiger partial charge in [0.25, 0.3) is 0 Å². The lowest BCUT2D eigenvalue weighted by Gasteiger charge is -2.13. The molecule has 4 heteroatoms. The highest BCUT2D eigenvalue weighted by molar-refractivity contribution is 5.77. The van der Waals surface area contributed by atoms with Crippen molar-refractivity contribution in [1.82, 2.24) is 19.9 Å². The molecule has 0 aliphatic heterocycles. The Morgan fingerprint density at radius 1 is 1.14 bits per heavy atom. The van der Waals surface area contributed by atoms with Crippen molar-refractivity contribution in [2.45, 2.75) is 26.3 Å². The van der Waals surface area contributed by atoms with Crippen molar-refractivity contribution in [3.8, 4) is 5.69 Å². The van der Waals surface area contributed by atoms with Crippen LogP contribution in [0.25, 0.3) is 16.7 Å². The maximum Gasteiger partial charge on any atom is 0.100 e. The highest BCUT2D eigenvalue weighted by atomic mass is 15.1. The van der Waals surface area contributed by atoms with Gasteiger partial charge in [0.05, 0.1) is 28.6 Å². The molecule has 0 saturated heterocycles. The lowest BCUT2D eigenvalue weighted by molar-refractivity contribution is 0.558. The summed E-state index contributed by atoms with van der Waals surface area (Å²) in [5.74, 6) is 0. The van der Waals surface area contributed by atoms with Gasteiger partial charge in [-0.3, -0.25) is 9.55 Å². The maximum absolute atomic E-state index is 4.58. The molecule has 3 aromatic rings. The number of para-hydroxylation sites is 2. The van der Waals surface area contributed by atoms with Gasteiger partial charge >= 0.3 is 0 Å². The van der Waals surface area contributed by atoms with Crippen LogP contribution >= 0.6 is 0 Å². The first-order chi connectivity index (χ1) is 10.3. The molecular weight excluding hydrogens is 260 g/mol. The molecule has 0 aliphatic carbocycles. The van der Waals surface area contributed by atoms with Crippen molar-refractivity contribution < 1.29 is 0 Å². The van der Waals surface area contributed by atoms with Crippen LogP contribution in [0.1, 0.15) is 32.0 Å². The lowest BCUT2D eigenvalue weighted by Crippen LogP contribution is -2.20. The fourth-order valence-electron chi connectivity index (χ4n) is 2.43. The van der Waals surface area contributed by atoms with E-state index in [1.165, 1.54) is 0 Å². The van der Waals surface area contributed by atoms with Crippen LogP contribution in [0.5, 0.6) is 0 Å². The van der Waals surface area contributed by atoms with Crippen LogP contribution in [-0.2, 0) is 0 Å². The van der Waals surface area contributed by atoms with Gasteiger partial charge in [-0.15, -0.1) is 0 Å². The van der Waals surface area contributed by atoms with E-state index in [4.69, 9.17) is 0 Å². The molecule has 0 amide bonds. The molecule has 2 heterocycles. The second-order valence-corrected chi connectivity index (χ2v) is 5.22. The summed E-state index contributed by atoms with van der Waals surface area (Å²) in [6.07, 6.45) is 4.89. The maximum atomic E-state index is 4.58. The molecule has 0 bridgehead atoms. The van der Waals surface area contributed by atoms with E-state index in [9.17, 15) is 0 Å². The third-order valence-electron chi connectivity index (χ3n) is 3.65. The highest BCUT2D eigenvalue weighted by Crippen LogP contribution is 2.18. The fourth-order valence-corrected chi connectivity index (χ4v) is 2.43. The van der Waals surface area contributed by atoms with Crippen molar-refractivity contribution in [3.05, 3.63) is 54.6 Å². The van der Waals surface area contributed by atoms with Crippen molar-refractivity contribution >= 4 is 11.0 Å². The Morgan fingerprint density at radius 2 is 2.00 bits per heavy atom. The Hall–Kier alpha value is -2.20. The minimum absolute atomic E-state index is 0.276. The second-order valence-electron chi connectivity index (χ2n) is 5.22. The molecular formula is C17H20N4. The molecule has 0 spiro atoms. The average molecular weight is 280 g/mol. The third-order valence-corrected chi connectivity index (χ3v) is 3.65. The number of nitrogens with one attached hydrogen (secondary N) is 1. The van der Waals surface area contributed by atoms with Crippen molar-refractivity contribution in [3.63, 3.8) is 0 Å². The SMILES string of the molecule is CCCNC(C)c1ccc(-n2cnc3ccccc32)cn1. The number of hydrogen-bond acceptors (Lipinski definition) is 3. The molecule has 0 saturated carbocycles. The van der Waals surface area contributed by atoms with Gasteiger partial charge in [0.15, 0.2) is 0 Å². The van der Waals surface area contributed by atoms with E-state index in [1.807, 2.05) is 30.7 Å². The fraction of sp³-hybridized carbons (Fsp3) is 0.294. The van der Waals surface area contributed by atoms with E-state index in [0.717, 1.165) is 35.4 Å². The zero-order chi connectivity index (χ0) is 14.7. The topological polar surface area (TPSA) is 42.7 Å². The first-order valence-electron chi connectivity index (χ1n) is 7.41. The standard InChI is InChI=1S/C17H20N4/c1-3-10-18-13(2)15-9-8-14(11-19-15)21-12-20-16-6-4-5-7-17(16)21/h4-9,11-13,18H,3,10H2,1-2H3. The quantitative estimate of drug-likeness (QED) is 0.778. The summed E-state index contributed by atoms with van der Waals surface area (Å²) in [4.78, 5) is 9.00. The lowest BCUT2D eigenvalue weighted by atomic mass is 10.2. The predicted octanol–water partition coefficient (Wildman–Crippen LogP) is 3.48. The minimum Gasteiger partial charge on any atom is -0.309 e. The van der Waals surface area contributed by atoms with Gasteiger partial charge in [-0.2, -0.15) is 0 Å². The molecule has 4 nitrogen and oxygen atoms in total. The van der Waals surface area contributed by atoms with Crippen LogP contribution in [0.15, 0.2) is 48.9 Å². The number of hydrogen-bond donors (Lipinski definition) is 1. The summed E-state index contributed by atoms with van der Waals surface area (Å²) < 4.78 is 2.07. The molecule has 0 aliphatic rings. The van der Waals surface area contributed by atoms with Gasteiger partial charge in [0, 0.05) is 6.04 Å². The van der Waals surface area contributed by atoms with Crippen LogP contribution in [0.4, 0.5) is 0 Å².